The molecule has 0 aromatic rings. The number of hydrogen-bond acceptors (Lipinski definition) is 4. The Labute approximate surface area is 102 Å². The summed E-state index contributed by atoms with van der Waals surface area (Å²) in [4.78, 5) is 10.4. The van der Waals surface area contributed by atoms with E-state index in [0.29, 0.717) is 6.42 Å². The van der Waals surface area contributed by atoms with Gasteiger partial charge >= 0.3 is 53.8 Å². The third-order valence-electron chi connectivity index (χ3n) is 0.830. The summed E-state index contributed by atoms with van der Waals surface area (Å²) in [5.41, 5.74) is 0. The van der Waals surface area contributed by atoms with Crippen molar-refractivity contribution in [3.05, 3.63) is 12.7 Å². The van der Waals surface area contributed by atoms with Gasteiger partial charge in [0.25, 0.3) is 0 Å². The molecular formula is C6H12CaO4S. The molecule has 0 aliphatic carbocycles. The zero-order valence-electron chi connectivity index (χ0n) is 6.24. The van der Waals surface area contributed by atoms with Crippen molar-refractivity contribution in [3.63, 3.8) is 0 Å². The van der Waals surface area contributed by atoms with Crippen LogP contribution in [0, 0.1) is 0 Å². The van der Waals surface area contributed by atoms with Gasteiger partial charge in [0.05, 0.1) is 5.75 Å². The Morgan fingerprint density at radius 1 is 1.58 bits per heavy atom. The minimum absolute atomic E-state index is 0. The van der Waals surface area contributed by atoms with Crippen molar-refractivity contribution in [1.82, 2.24) is 0 Å². The summed E-state index contributed by atoms with van der Waals surface area (Å²) in [7, 11) is -3.66. The molecule has 0 N–H and O–H groups in total. The number of carbonyl (C=O) groups is 1. The SMILES string of the molecule is C=CC(=O)OS(=O)(=O)CCC.[CaH2]. The van der Waals surface area contributed by atoms with Gasteiger partial charge in [0.1, 0.15) is 0 Å². The van der Waals surface area contributed by atoms with E-state index in [1.165, 1.54) is 0 Å². The standard InChI is InChI=1S/C6H10O4S.Ca.2H/c1-3-5-11(8,9)10-6(7)4-2;;;/h4H,2-3,5H2,1H3;;;. The molecule has 0 aromatic carbocycles. The van der Waals surface area contributed by atoms with Crippen LogP contribution in [0.15, 0.2) is 12.7 Å². The molecule has 0 amide bonds. The molecule has 0 aromatic heterocycles. The van der Waals surface area contributed by atoms with Gasteiger partial charge < -0.3 is 4.18 Å². The summed E-state index contributed by atoms with van der Waals surface area (Å²) in [5.74, 6) is -1.08. The van der Waals surface area contributed by atoms with E-state index in [4.69, 9.17) is 0 Å². The molecule has 4 nitrogen and oxygen atoms in total. The normalized spacial score (nSPS) is 9.75. The summed E-state index contributed by atoms with van der Waals surface area (Å²) < 4.78 is 25.5. The molecule has 0 saturated heterocycles. The Kier molecular flexibility index (Phi) is 8.56. The van der Waals surface area contributed by atoms with Crippen LogP contribution in [-0.4, -0.2) is 57.9 Å². The van der Waals surface area contributed by atoms with Gasteiger partial charge in [0.15, 0.2) is 0 Å². The fourth-order valence-electron chi connectivity index (χ4n) is 0.451. The zero-order chi connectivity index (χ0) is 8.91. The van der Waals surface area contributed by atoms with Gasteiger partial charge in [-0.3, -0.25) is 0 Å². The maximum atomic E-state index is 10.7. The van der Waals surface area contributed by atoms with Crippen molar-refractivity contribution in [2.45, 2.75) is 13.3 Å². The van der Waals surface area contributed by atoms with Crippen LogP contribution in [0.1, 0.15) is 13.3 Å². The summed E-state index contributed by atoms with van der Waals surface area (Å²) in [6.45, 7) is 4.75. The molecule has 0 saturated carbocycles. The minimum atomic E-state index is -3.66. The van der Waals surface area contributed by atoms with E-state index in [1.54, 1.807) is 6.92 Å². The van der Waals surface area contributed by atoms with E-state index in [9.17, 15) is 13.2 Å². The van der Waals surface area contributed by atoms with Crippen LogP contribution in [0.25, 0.3) is 0 Å². The zero-order valence-corrected chi connectivity index (χ0v) is 7.06. The first-order valence-electron chi connectivity index (χ1n) is 3.10. The van der Waals surface area contributed by atoms with Gasteiger partial charge in [-0.1, -0.05) is 13.5 Å². The van der Waals surface area contributed by atoms with Crippen molar-refractivity contribution >= 4 is 53.8 Å². The number of hydrogen-bond donors (Lipinski definition) is 0. The average Bonchev–Trinajstić information content (AvgIpc) is 1.86. The molecule has 0 fully saturated rings. The fourth-order valence-corrected chi connectivity index (χ4v) is 1.35. The van der Waals surface area contributed by atoms with Crippen molar-refractivity contribution in [1.29, 1.82) is 0 Å². The second-order valence-electron chi connectivity index (χ2n) is 1.87. The quantitative estimate of drug-likeness (QED) is 0.365. The monoisotopic (exact) mass is 220 g/mol. The fraction of sp³-hybridized carbons (Fsp3) is 0.500. The predicted molar refractivity (Wildman–Crippen MR) is 48.9 cm³/mol. The van der Waals surface area contributed by atoms with Gasteiger partial charge in [-0.15, -0.1) is 0 Å². The molecule has 12 heavy (non-hydrogen) atoms. The van der Waals surface area contributed by atoms with Crippen LogP contribution in [0.2, 0.25) is 0 Å². The van der Waals surface area contributed by atoms with Crippen LogP contribution in [0.5, 0.6) is 0 Å². The van der Waals surface area contributed by atoms with E-state index < -0.39 is 16.1 Å². The van der Waals surface area contributed by atoms with Crippen LogP contribution >= 0.6 is 0 Å². The molecule has 0 bridgehead atoms. The summed E-state index contributed by atoms with van der Waals surface area (Å²) >= 11 is 0. The topological polar surface area (TPSA) is 60.4 Å². The third kappa shape index (κ3) is 7.09. The van der Waals surface area contributed by atoms with E-state index in [1.807, 2.05) is 0 Å². The first-order chi connectivity index (χ1) is 5.02. The second kappa shape index (κ2) is 6.88. The summed E-state index contributed by atoms with van der Waals surface area (Å²) in [6.07, 6.45) is 1.24. The molecule has 0 unspecified atom stereocenters. The van der Waals surface area contributed by atoms with E-state index in [0.717, 1.165) is 6.08 Å². The molecule has 68 valence electrons. The molecule has 0 aliphatic rings. The molecule has 0 heterocycles. The van der Waals surface area contributed by atoms with Crippen molar-refractivity contribution < 1.29 is 17.4 Å². The molecule has 6 heteroatoms. The summed E-state index contributed by atoms with van der Waals surface area (Å²) in [5, 5.41) is 0. The second-order valence-corrected chi connectivity index (χ2v) is 3.56. The van der Waals surface area contributed by atoms with Gasteiger partial charge in [-0.25, -0.2) is 4.79 Å². The van der Waals surface area contributed by atoms with Crippen LogP contribution in [0.3, 0.4) is 0 Å². The van der Waals surface area contributed by atoms with E-state index in [-0.39, 0.29) is 43.5 Å². The predicted octanol–water partition coefficient (Wildman–Crippen LogP) is -0.461. The molecular weight excluding hydrogens is 208 g/mol. The van der Waals surface area contributed by atoms with Gasteiger partial charge in [0.2, 0.25) is 0 Å². The molecule has 0 radical (unpaired) electrons. The van der Waals surface area contributed by atoms with Gasteiger partial charge in [-0.2, -0.15) is 8.42 Å². The Morgan fingerprint density at radius 2 is 2.08 bits per heavy atom. The first-order valence-corrected chi connectivity index (χ1v) is 4.68. The van der Waals surface area contributed by atoms with E-state index >= 15 is 0 Å². The Hall–Kier alpha value is 0.420. The Bertz CT molecular complexity index is 244. The Morgan fingerprint density at radius 3 is 2.42 bits per heavy atom. The molecule has 0 aliphatic heterocycles. The van der Waals surface area contributed by atoms with Crippen molar-refractivity contribution in [3.8, 4) is 0 Å². The Balaban J connectivity index is 0. The van der Waals surface area contributed by atoms with Gasteiger partial charge in [0, 0.05) is 6.08 Å². The van der Waals surface area contributed by atoms with Crippen molar-refractivity contribution in [2.75, 3.05) is 5.75 Å². The van der Waals surface area contributed by atoms with E-state index in [2.05, 4.69) is 10.8 Å². The first kappa shape index (κ1) is 14.9. The van der Waals surface area contributed by atoms with Crippen molar-refractivity contribution in [2.24, 2.45) is 0 Å². The average molecular weight is 220 g/mol. The maximum absolute atomic E-state index is 10.7. The molecule has 0 atom stereocenters. The molecule has 0 rings (SSSR count). The molecule has 0 spiro atoms. The summed E-state index contributed by atoms with van der Waals surface area (Å²) in [6, 6.07) is 0. The van der Waals surface area contributed by atoms with Crippen LogP contribution < -0.4 is 0 Å². The number of carbonyl (C=O) groups excluding carboxylic acids is 1. The van der Waals surface area contributed by atoms with Crippen LogP contribution in [0.4, 0.5) is 0 Å². The third-order valence-corrected chi connectivity index (χ3v) is 2.16. The van der Waals surface area contributed by atoms with Crippen LogP contribution in [-0.2, 0) is 19.1 Å². The van der Waals surface area contributed by atoms with Gasteiger partial charge in [-0.05, 0) is 6.42 Å². The number of rotatable bonds is 4.